The number of aromatic nitrogens is 2. The molecule has 0 spiro atoms. The summed E-state index contributed by atoms with van der Waals surface area (Å²) < 4.78 is 11.6. The molecule has 1 N–H and O–H groups in total. The fraction of sp³-hybridized carbons (Fsp3) is 0.0556. The maximum atomic E-state index is 6.74. The largest absolute Gasteiger partial charge is 0.456 e. The number of furan rings is 1. The van der Waals surface area contributed by atoms with Gasteiger partial charge in [0.1, 0.15) is 17.3 Å². The number of aryl methyl sites for hydroxylation is 1. The lowest BCUT2D eigenvalue weighted by atomic mass is 9.90. The minimum atomic E-state index is -0.348. The second-order valence-corrected chi connectivity index (χ2v) is 16.1. The molecule has 8 aromatic carbocycles. The van der Waals surface area contributed by atoms with Gasteiger partial charge >= 0.3 is 0 Å². The van der Waals surface area contributed by atoms with Gasteiger partial charge in [-0.05, 0) is 88.3 Å². The number of benzene rings is 8. The standard InChI is InChI=1S/C54H36N4O/c1-31-15-3-6-18-35(31)36-19-7-5-17-34(36)29-32(2)49-53-50(40-23-11-14-26-46(40)59-53)56-54(55-49)58-45-28-27-33-16-4-8-20-37(33)47(45)42-30-41-38-21-9-12-24-43(38)57-44-25-13-10-22-39(44)48(51(41)57)52(42)58/h3-28,30,49H,2,29H2,1H3,(H,55,56). The molecule has 12 aromatic rings. The topological polar surface area (TPSA) is 46.9 Å². The van der Waals surface area contributed by atoms with Gasteiger partial charge in [0.2, 0.25) is 5.96 Å². The van der Waals surface area contributed by atoms with Gasteiger partial charge in [-0.3, -0.25) is 4.57 Å². The Morgan fingerprint density at radius 1 is 0.610 bits per heavy atom. The zero-order chi connectivity index (χ0) is 38.9. The second kappa shape index (κ2) is 11.9. The van der Waals surface area contributed by atoms with Crippen LogP contribution in [-0.4, -0.2) is 14.9 Å². The predicted molar refractivity (Wildman–Crippen MR) is 246 cm³/mol. The molecule has 0 bridgehead atoms. The average Bonchev–Trinajstić information content (AvgIpc) is 4.02. The molecule has 0 aliphatic carbocycles. The molecule has 278 valence electrons. The number of hydrogen-bond acceptors (Lipinski definition) is 3. The summed E-state index contributed by atoms with van der Waals surface area (Å²) in [6, 6.07) is 58.6. The summed E-state index contributed by atoms with van der Waals surface area (Å²) in [7, 11) is 0. The normalized spacial score (nSPS) is 14.4. The predicted octanol–water partition coefficient (Wildman–Crippen LogP) is 13.8. The zero-order valence-electron chi connectivity index (χ0n) is 32.3. The molecule has 59 heavy (non-hydrogen) atoms. The van der Waals surface area contributed by atoms with Gasteiger partial charge in [0.15, 0.2) is 5.76 Å². The van der Waals surface area contributed by atoms with E-state index in [4.69, 9.17) is 16.0 Å². The van der Waals surface area contributed by atoms with Crippen molar-refractivity contribution in [2.24, 2.45) is 4.99 Å². The Labute approximate surface area is 339 Å². The van der Waals surface area contributed by atoms with Crippen LogP contribution in [0.2, 0.25) is 0 Å². The van der Waals surface area contributed by atoms with E-state index in [-0.39, 0.29) is 6.04 Å². The quantitative estimate of drug-likeness (QED) is 0.182. The summed E-state index contributed by atoms with van der Waals surface area (Å²) in [6.45, 7) is 7.01. The maximum absolute atomic E-state index is 6.74. The van der Waals surface area contributed by atoms with Gasteiger partial charge < -0.3 is 14.1 Å². The second-order valence-electron chi connectivity index (χ2n) is 16.1. The molecule has 5 heterocycles. The molecule has 4 aromatic heterocycles. The molecule has 0 saturated heterocycles. The summed E-state index contributed by atoms with van der Waals surface area (Å²) in [5, 5.41) is 14.8. The van der Waals surface area contributed by atoms with Crippen molar-refractivity contribution in [3.05, 3.63) is 193 Å². The summed E-state index contributed by atoms with van der Waals surface area (Å²) in [4.78, 5) is 5.57. The third-order valence-corrected chi connectivity index (χ3v) is 12.8. The summed E-state index contributed by atoms with van der Waals surface area (Å²) in [5.41, 5.74) is 13.5. The van der Waals surface area contributed by atoms with Gasteiger partial charge in [-0.15, -0.1) is 0 Å². The first-order chi connectivity index (χ1) is 29.1. The number of aliphatic imine (C=N–C) groups is 1. The number of nitrogens with one attached hydrogen (secondary N) is 1. The van der Waals surface area contributed by atoms with Gasteiger partial charge in [-0.25, -0.2) is 4.99 Å². The van der Waals surface area contributed by atoms with Gasteiger partial charge in [-0.1, -0.05) is 134 Å². The molecule has 1 aliphatic rings. The Bertz CT molecular complexity index is 3780. The highest BCUT2D eigenvalue weighted by Crippen LogP contribution is 2.48. The Balaban J connectivity index is 1.11. The van der Waals surface area contributed by atoms with Crippen LogP contribution in [0.25, 0.3) is 92.8 Å². The molecule has 1 aliphatic heterocycles. The lowest BCUT2D eigenvalue weighted by Gasteiger charge is -2.27. The SMILES string of the molecule is C=C(Cc1ccccc1-c1ccccc1C)C1NC(n2c3ccc4ccccc4c3c3cc4c5ccccc5n5c6ccccc6c(c32)c45)=Nc2c1oc1ccccc21. The molecule has 5 nitrogen and oxygen atoms in total. The molecule has 0 saturated carbocycles. The van der Waals surface area contributed by atoms with Gasteiger partial charge in [-0.2, -0.15) is 0 Å². The van der Waals surface area contributed by atoms with Crippen molar-refractivity contribution >= 4 is 93.3 Å². The van der Waals surface area contributed by atoms with Crippen molar-refractivity contribution in [3.63, 3.8) is 0 Å². The van der Waals surface area contributed by atoms with Crippen LogP contribution in [0, 0.1) is 6.92 Å². The van der Waals surface area contributed by atoms with E-state index in [2.05, 4.69) is 173 Å². The minimum absolute atomic E-state index is 0.348. The van der Waals surface area contributed by atoms with Gasteiger partial charge in [0, 0.05) is 37.7 Å². The number of hydrogen-bond donors (Lipinski definition) is 1. The van der Waals surface area contributed by atoms with Crippen LogP contribution >= 0.6 is 0 Å². The van der Waals surface area contributed by atoms with E-state index in [0.717, 1.165) is 45.0 Å². The summed E-state index contributed by atoms with van der Waals surface area (Å²) in [5.74, 6) is 1.54. The van der Waals surface area contributed by atoms with E-state index in [1.54, 1.807) is 0 Å². The maximum Gasteiger partial charge on any atom is 0.209 e. The Morgan fingerprint density at radius 3 is 2.14 bits per heavy atom. The van der Waals surface area contributed by atoms with Crippen LogP contribution in [0.5, 0.6) is 0 Å². The van der Waals surface area contributed by atoms with Crippen LogP contribution < -0.4 is 5.32 Å². The zero-order valence-corrected chi connectivity index (χ0v) is 32.3. The van der Waals surface area contributed by atoms with Crippen LogP contribution in [-0.2, 0) is 6.42 Å². The highest BCUT2D eigenvalue weighted by molar-refractivity contribution is 6.37. The first-order valence-corrected chi connectivity index (χ1v) is 20.3. The molecular formula is C54H36N4O. The highest BCUT2D eigenvalue weighted by Gasteiger charge is 2.34. The summed E-state index contributed by atoms with van der Waals surface area (Å²) >= 11 is 0. The monoisotopic (exact) mass is 756 g/mol. The van der Waals surface area contributed by atoms with Gasteiger partial charge in [0.25, 0.3) is 0 Å². The van der Waals surface area contributed by atoms with E-state index in [9.17, 15) is 0 Å². The Hall–Kier alpha value is -7.63. The van der Waals surface area contributed by atoms with Crippen molar-refractivity contribution in [2.45, 2.75) is 19.4 Å². The third-order valence-electron chi connectivity index (χ3n) is 12.8. The number of para-hydroxylation sites is 3. The average molecular weight is 757 g/mol. The highest BCUT2D eigenvalue weighted by atomic mass is 16.3. The van der Waals surface area contributed by atoms with E-state index >= 15 is 0 Å². The first-order valence-electron chi connectivity index (χ1n) is 20.3. The number of rotatable bonds is 4. The molecule has 1 atom stereocenters. The fourth-order valence-corrected chi connectivity index (χ4v) is 10.3. The fourth-order valence-electron chi connectivity index (χ4n) is 10.3. The Kier molecular flexibility index (Phi) is 6.57. The van der Waals surface area contributed by atoms with Crippen molar-refractivity contribution in [2.75, 3.05) is 0 Å². The van der Waals surface area contributed by atoms with Crippen LogP contribution in [0.15, 0.2) is 185 Å². The first kappa shape index (κ1) is 32.5. The lowest BCUT2D eigenvalue weighted by molar-refractivity contribution is 0.494. The number of fused-ring (bicyclic) bond motifs is 15. The third kappa shape index (κ3) is 4.42. The molecular weight excluding hydrogens is 721 g/mol. The van der Waals surface area contributed by atoms with E-state index < -0.39 is 0 Å². The Morgan fingerprint density at radius 2 is 1.29 bits per heavy atom. The molecule has 1 unspecified atom stereocenters. The van der Waals surface area contributed by atoms with Crippen LogP contribution in [0.3, 0.4) is 0 Å². The molecule has 0 amide bonds. The van der Waals surface area contributed by atoms with E-state index in [1.807, 2.05) is 12.1 Å². The van der Waals surface area contributed by atoms with Crippen molar-refractivity contribution in [1.82, 2.24) is 14.3 Å². The summed E-state index contributed by atoms with van der Waals surface area (Å²) in [6.07, 6.45) is 0.656. The van der Waals surface area contributed by atoms with Gasteiger partial charge in [0.05, 0.1) is 27.6 Å². The lowest BCUT2D eigenvalue weighted by Crippen LogP contribution is -2.37. The molecule has 0 fully saturated rings. The smallest absolute Gasteiger partial charge is 0.209 e. The van der Waals surface area contributed by atoms with Crippen LogP contribution in [0.1, 0.15) is 22.9 Å². The minimum Gasteiger partial charge on any atom is -0.456 e. The van der Waals surface area contributed by atoms with Crippen LogP contribution in [0.4, 0.5) is 5.69 Å². The molecule has 0 radical (unpaired) electrons. The van der Waals surface area contributed by atoms with Crippen molar-refractivity contribution < 1.29 is 4.42 Å². The van der Waals surface area contributed by atoms with E-state index in [0.29, 0.717) is 6.42 Å². The number of nitrogens with zero attached hydrogens (tertiary/aromatic N) is 3. The van der Waals surface area contributed by atoms with Crippen molar-refractivity contribution in [1.29, 1.82) is 0 Å². The molecule has 5 heteroatoms. The van der Waals surface area contributed by atoms with E-state index in [1.165, 1.54) is 81.9 Å². The van der Waals surface area contributed by atoms with Crippen molar-refractivity contribution in [3.8, 4) is 11.1 Å². The molecule has 13 rings (SSSR count).